The quantitative estimate of drug-likeness (QED) is 0.695. The third kappa shape index (κ3) is 5.01. The van der Waals surface area contributed by atoms with Gasteiger partial charge in [0.25, 0.3) is 5.91 Å². The molecule has 1 atom stereocenters. The molecule has 0 spiro atoms. The highest BCUT2D eigenvalue weighted by Gasteiger charge is 2.27. The molecule has 0 unspecified atom stereocenters. The second-order valence-corrected chi connectivity index (χ2v) is 8.16. The number of carbonyl (C=O) groups excluding carboxylic acids is 2. The van der Waals surface area contributed by atoms with Gasteiger partial charge in [-0.15, -0.1) is 0 Å². The summed E-state index contributed by atoms with van der Waals surface area (Å²) in [5.41, 5.74) is 1.96. The highest BCUT2D eigenvalue weighted by atomic mass is 16.5. The van der Waals surface area contributed by atoms with Crippen LogP contribution in [0.3, 0.4) is 0 Å². The zero-order chi connectivity index (χ0) is 21.6. The lowest BCUT2D eigenvalue weighted by molar-refractivity contribution is -0.135. The minimum absolute atomic E-state index is 0.00892. The Hall–Kier alpha value is -3.02. The first-order valence-electron chi connectivity index (χ1n) is 11.1. The zero-order valence-electron chi connectivity index (χ0n) is 18.1. The van der Waals surface area contributed by atoms with Crippen molar-refractivity contribution in [1.82, 2.24) is 4.90 Å². The van der Waals surface area contributed by atoms with Gasteiger partial charge in [0.05, 0.1) is 13.2 Å². The SMILES string of the molecule is COc1ccc([C@@H]2CCCCCN2C(=O)COc2cccc(N3CCCC3=O)c2)cc1. The first-order valence-corrected chi connectivity index (χ1v) is 11.1. The second kappa shape index (κ2) is 9.86. The van der Waals surface area contributed by atoms with Gasteiger partial charge >= 0.3 is 0 Å². The molecule has 2 aliphatic rings. The number of methoxy groups -OCH3 is 1. The van der Waals surface area contributed by atoms with Crippen molar-refractivity contribution in [2.45, 2.75) is 44.6 Å². The minimum atomic E-state index is -0.00987. The van der Waals surface area contributed by atoms with Crippen LogP contribution in [0.4, 0.5) is 5.69 Å². The van der Waals surface area contributed by atoms with Gasteiger partial charge in [0.15, 0.2) is 6.61 Å². The van der Waals surface area contributed by atoms with Crippen LogP contribution < -0.4 is 14.4 Å². The Morgan fingerprint density at radius 3 is 2.58 bits per heavy atom. The summed E-state index contributed by atoms with van der Waals surface area (Å²) in [4.78, 5) is 28.9. The topological polar surface area (TPSA) is 59.1 Å². The predicted molar refractivity (Wildman–Crippen MR) is 119 cm³/mol. The zero-order valence-corrected chi connectivity index (χ0v) is 18.1. The van der Waals surface area contributed by atoms with Crippen LogP contribution in [0.2, 0.25) is 0 Å². The first kappa shape index (κ1) is 21.2. The molecule has 4 rings (SSSR count). The van der Waals surface area contributed by atoms with Crippen LogP contribution in [0.25, 0.3) is 0 Å². The number of rotatable bonds is 6. The van der Waals surface area contributed by atoms with Crippen molar-refractivity contribution in [2.24, 2.45) is 0 Å². The molecule has 2 saturated heterocycles. The number of likely N-dealkylation sites (tertiary alicyclic amines) is 1. The number of benzene rings is 2. The Labute approximate surface area is 183 Å². The average molecular weight is 423 g/mol. The molecule has 0 N–H and O–H groups in total. The fraction of sp³-hybridized carbons (Fsp3) is 0.440. The van der Waals surface area contributed by atoms with E-state index in [1.165, 1.54) is 0 Å². The van der Waals surface area contributed by atoms with E-state index in [4.69, 9.17) is 9.47 Å². The monoisotopic (exact) mass is 422 g/mol. The van der Waals surface area contributed by atoms with E-state index >= 15 is 0 Å². The van der Waals surface area contributed by atoms with Crippen LogP contribution in [0.5, 0.6) is 11.5 Å². The number of ether oxygens (including phenoxy) is 2. The largest absolute Gasteiger partial charge is 0.497 e. The molecule has 2 fully saturated rings. The maximum absolute atomic E-state index is 13.1. The molecule has 6 heteroatoms. The molecule has 6 nitrogen and oxygen atoms in total. The van der Waals surface area contributed by atoms with Gasteiger partial charge in [-0.05, 0) is 49.1 Å². The van der Waals surface area contributed by atoms with Crippen molar-refractivity contribution in [3.8, 4) is 11.5 Å². The summed E-state index contributed by atoms with van der Waals surface area (Å²) in [5, 5.41) is 0. The van der Waals surface area contributed by atoms with Gasteiger partial charge in [0.1, 0.15) is 11.5 Å². The Morgan fingerprint density at radius 1 is 1.00 bits per heavy atom. The van der Waals surface area contributed by atoms with Crippen molar-refractivity contribution in [3.05, 3.63) is 54.1 Å². The Kier molecular flexibility index (Phi) is 6.75. The lowest BCUT2D eigenvalue weighted by Crippen LogP contribution is -2.38. The molecule has 164 valence electrons. The maximum Gasteiger partial charge on any atom is 0.261 e. The molecular weight excluding hydrogens is 392 g/mol. The summed E-state index contributed by atoms with van der Waals surface area (Å²) >= 11 is 0. The molecule has 2 heterocycles. The van der Waals surface area contributed by atoms with Gasteiger partial charge in [0, 0.05) is 31.3 Å². The summed E-state index contributed by atoms with van der Waals surface area (Å²) < 4.78 is 11.1. The number of anilines is 1. The average Bonchev–Trinajstić information content (AvgIpc) is 3.08. The third-order valence-corrected chi connectivity index (χ3v) is 6.14. The third-order valence-electron chi connectivity index (χ3n) is 6.14. The lowest BCUT2D eigenvalue weighted by Gasteiger charge is -2.30. The molecule has 0 aromatic heterocycles. The number of hydrogen-bond donors (Lipinski definition) is 0. The van der Waals surface area contributed by atoms with E-state index in [-0.39, 0.29) is 24.5 Å². The standard InChI is InChI=1S/C25H30N2O4/c1-30-21-13-11-19(12-14-21)23-9-3-2-4-15-27(23)25(29)18-31-22-8-5-7-20(17-22)26-16-6-10-24(26)28/h5,7-8,11-14,17,23H,2-4,6,9-10,15-16,18H2,1H3/t23-/m0/s1. The molecule has 2 aliphatic heterocycles. The van der Waals surface area contributed by atoms with E-state index in [9.17, 15) is 9.59 Å². The molecule has 0 bridgehead atoms. The Balaban J connectivity index is 1.44. The minimum Gasteiger partial charge on any atom is -0.497 e. The van der Waals surface area contributed by atoms with Gasteiger partial charge in [-0.1, -0.05) is 31.0 Å². The molecule has 0 saturated carbocycles. The lowest BCUT2D eigenvalue weighted by atomic mass is 10.0. The van der Waals surface area contributed by atoms with Crippen molar-refractivity contribution in [2.75, 3.05) is 31.7 Å². The number of amides is 2. The summed E-state index contributed by atoms with van der Waals surface area (Å²) in [5.74, 6) is 1.56. The van der Waals surface area contributed by atoms with E-state index in [0.717, 1.165) is 62.2 Å². The van der Waals surface area contributed by atoms with Crippen LogP contribution in [0.1, 0.15) is 50.1 Å². The van der Waals surface area contributed by atoms with Gasteiger partial charge < -0.3 is 19.3 Å². The summed E-state index contributed by atoms with van der Waals surface area (Å²) in [6.45, 7) is 1.46. The first-order chi connectivity index (χ1) is 15.2. The molecule has 0 aliphatic carbocycles. The smallest absolute Gasteiger partial charge is 0.261 e. The second-order valence-electron chi connectivity index (χ2n) is 8.16. The molecule has 2 amide bonds. The van der Waals surface area contributed by atoms with Gasteiger partial charge in [0.2, 0.25) is 5.91 Å². The van der Waals surface area contributed by atoms with Crippen LogP contribution in [0.15, 0.2) is 48.5 Å². The van der Waals surface area contributed by atoms with Gasteiger partial charge in [-0.3, -0.25) is 9.59 Å². The number of hydrogen-bond acceptors (Lipinski definition) is 4. The van der Waals surface area contributed by atoms with E-state index in [1.807, 2.05) is 53.4 Å². The van der Waals surface area contributed by atoms with E-state index in [1.54, 1.807) is 12.0 Å². The highest BCUT2D eigenvalue weighted by molar-refractivity contribution is 5.95. The highest BCUT2D eigenvalue weighted by Crippen LogP contribution is 2.31. The summed E-state index contributed by atoms with van der Waals surface area (Å²) in [7, 11) is 1.66. The van der Waals surface area contributed by atoms with Crippen molar-refractivity contribution in [1.29, 1.82) is 0 Å². The molecule has 2 aromatic carbocycles. The van der Waals surface area contributed by atoms with Crippen LogP contribution in [0, 0.1) is 0 Å². The van der Waals surface area contributed by atoms with Gasteiger partial charge in [-0.2, -0.15) is 0 Å². The van der Waals surface area contributed by atoms with E-state index < -0.39 is 0 Å². The number of nitrogens with zero attached hydrogens (tertiary/aromatic N) is 2. The van der Waals surface area contributed by atoms with Crippen LogP contribution in [-0.4, -0.2) is 43.5 Å². The fourth-order valence-corrected chi connectivity index (χ4v) is 4.47. The van der Waals surface area contributed by atoms with Gasteiger partial charge in [-0.25, -0.2) is 0 Å². The molecule has 31 heavy (non-hydrogen) atoms. The number of carbonyl (C=O) groups is 2. The predicted octanol–water partition coefficient (Wildman–Crippen LogP) is 4.34. The Bertz CT molecular complexity index is 912. The van der Waals surface area contributed by atoms with E-state index in [0.29, 0.717) is 12.2 Å². The Morgan fingerprint density at radius 2 is 1.84 bits per heavy atom. The summed E-state index contributed by atoms with van der Waals surface area (Å²) in [6.07, 6.45) is 5.65. The maximum atomic E-state index is 13.1. The molecule has 2 aromatic rings. The van der Waals surface area contributed by atoms with Crippen LogP contribution in [-0.2, 0) is 9.59 Å². The molecular formula is C25H30N2O4. The molecule has 0 radical (unpaired) electrons. The van der Waals surface area contributed by atoms with Crippen molar-refractivity contribution in [3.63, 3.8) is 0 Å². The normalized spacial score (nSPS) is 19.3. The van der Waals surface area contributed by atoms with E-state index in [2.05, 4.69) is 0 Å². The summed E-state index contributed by atoms with van der Waals surface area (Å²) in [6, 6.07) is 15.5. The van der Waals surface area contributed by atoms with Crippen LogP contribution >= 0.6 is 0 Å². The van der Waals surface area contributed by atoms with Crippen molar-refractivity contribution < 1.29 is 19.1 Å². The van der Waals surface area contributed by atoms with Crippen molar-refractivity contribution >= 4 is 17.5 Å². The fourth-order valence-electron chi connectivity index (χ4n) is 4.47.